The summed E-state index contributed by atoms with van der Waals surface area (Å²) in [6.45, 7) is 18.1. The molecule has 14 heterocycles. The zero-order valence-corrected chi connectivity index (χ0v) is 77.8. The third kappa shape index (κ3) is 39.4. The van der Waals surface area contributed by atoms with Crippen molar-refractivity contribution in [2.75, 3.05) is 92.5 Å². The van der Waals surface area contributed by atoms with Gasteiger partial charge >= 0.3 is 83.6 Å². The van der Waals surface area contributed by atoms with Crippen LogP contribution in [0.15, 0.2) is 98.0 Å². The zero-order chi connectivity index (χ0) is 105. The summed E-state index contributed by atoms with van der Waals surface area (Å²) < 4.78 is 127. The SMILES string of the molecule is C.C=C(O)C=CC(=O)O[C@H]1CO[C@H]2[C@@H]1OC[C@H]2O.C=C(O)C=CC(=O)O[C@H]1CO[C@H]2[C@@H]1OC[C@H]2OC(=O)C=CC(=O)O.C=C(O)CCC(=O)O[C@@H]1CO[C@H]2[C@@H]1OC[C@H]2O.C=C(O)CCC(=O)O[C@@H]1CO[C@H]2[C@@H]1OC[C@H]2OC(=O)CCC(=O)O.CC(=O)CCCC(=O)O[C@@H]1CO[C@H]2[C@@H]1OC[C@H]2O.CC(=O)CCCC(=O)O[C@@H]1CO[C@H]2[C@@H]1OC[C@H]2OC(=O)CCCC(=O)O.O=C(O)C=CC(=O)O[C@@H]1CO[C@H]2[C@@H]1OC[C@@H]2O. The number of allylic oxidation sites excluding steroid dienone is 4. The summed E-state index contributed by atoms with van der Waals surface area (Å²) in [7, 11) is 0. The van der Waals surface area contributed by atoms with Gasteiger partial charge in [-0.05, 0) is 45.3 Å². The van der Waals surface area contributed by atoms with Gasteiger partial charge in [0.2, 0.25) is 0 Å². The normalized spacial score (nSPS) is 31.4. The molecule has 0 amide bonds. The van der Waals surface area contributed by atoms with E-state index in [2.05, 4.69) is 26.3 Å². The average Bonchev–Trinajstić information content (AvgIpc) is 1.64. The molecular formula is C92H124O52. The van der Waals surface area contributed by atoms with E-state index in [1.54, 1.807) is 0 Å². The van der Waals surface area contributed by atoms with Crippen LogP contribution >= 0.6 is 0 Å². The third-order valence-electron chi connectivity index (χ3n) is 22.5. The fourth-order valence-electron chi connectivity index (χ4n) is 15.9. The van der Waals surface area contributed by atoms with Crippen molar-refractivity contribution in [1.29, 1.82) is 0 Å². The van der Waals surface area contributed by atoms with Gasteiger partial charge in [0.1, 0.15) is 133 Å². The number of ether oxygens (including phenoxy) is 24. The van der Waals surface area contributed by atoms with Crippen LogP contribution < -0.4 is 0 Å². The van der Waals surface area contributed by atoms with E-state index in [1.165, 1.54) is 13.8 Å². The van der Waals surface area contributed by atoms with E-state index in [1.807, 2.05) is 0 Å². The lowest BCUT2D eigenvalue weighted by molar-refractivity contribution is -0.157. The number of aliphatic carboxylic acids is 4. The van der Waals surface area contributed by atoms with E-state index in [0.29, 0.717) is 37.8 Å². The quantitative estimate of drug-likeness (QED) is 0.0122. The number of hydrogen-bond acceptors (Lipinski definition) is 48. The summed E-state index contributed by atoms with van der Waals surface area (Å²) in [6.07, 6.45) is -5.96. The highest BCUT2D eigenvalue weighted by Gasteiger charge is 2.57. The van der Waals surface area contributed by atoms with Crippen molar-refractivity contribution in [3.63, 3.8) is 0 Å². The first-order valence-electron chi connectivity index (χ1n) is 45.3. The Bertz CT molecular complexity index is 4320. The summed E-state index contributed by atoms with van der Waals surface area (Å²) in [5.74, 6) is -10.9. The molecule has 14 aliphatic heterocycles. The van der Waals surface area contributed by atoms with Crippen LogP contribution in [0, 0.1) is 0 Å². The number of esters is 10. The minimum Gasteiger partial charge on any atom is -0.513 e. The van der Waals surface area contributed by atoms with Gasteiger partial charge in [-0.3, -0.25) is 38.4 Å². The van der Waals surface area contributed by atoms with E-state index >= 15 is 0 Å². The molecule has 52 heteroatoms. The van der Waals surface area contributed by atoms with Crippen molar-refractivity contribution in [2.45, 2.75) is 288 Å². The zero-order valence-electron chi connectivity index (χ0n) is 77.8. The molecule has 14 rings (SSSR count). The third-order valence-corrected chi connectivity index (χ3v) is 22.5. The molecule has 0 bridgehead atoms. The Balaban J connectivity index is 0.000000229. The summed E-state index contributed by atoms with van der Waals surface area (Å²) in [6, 6.07) is 0. The number of aliphatic hydroxyl groups excluding tert-OH is 8. The number of carbonyl (C=O) groups excluding carboxylic acids is 12. The van der Waals surface area contributed by atoms with Gasteiger partial charge in [0.05, 0.1) is 130 Å². The fourth-order valence-corrected chi connectivity index (χ4v) is 15.9. The van der Waals surface area contributed by atoms with Gasteiger partial charge in [-0.2, -0.15) is 0 Å². The largest absolute Gasteiger partial charge is 0.513 e. The number of hydrogen-bond donors (Lipinski definition) is 12. The minimum atomic E-state index is -1.27. The first kappa shape index (κ1) is 119. The van der Waals surface area contributed by atoms with Gasteiger partial charge in [-0.1, -0.05) is 33.7 Å². The maximum atomic E-state index is 11.8. The van der Waals surface area contributed by atoms with Gasteiger partial charge < -0.3 is 185 Å². The van der Waals surface area contributed by atoms with E-state index in [-0.39, 0.29) is 229 Å². The van der Waals surface area contributed by atoms with Crippen molar-refractivity contribution in [3.8, 4) is 0 Å². The Kier molecular flexibility index (Phi) is 49.4. The van der Waals surface area contributed by atoms with Crippen LogP contribution in [0.1, 0.15) is 118 Å². The molecule has 14 fully saturated rings. The average molecular weight is 2060 g/mol. The van der Waals surface area contributed by atoms with E-state index in [0.717, 1.165) is 36.5 Å². The summed E-state index contributed by atoms with van der Waals surface area (Å²) in [5.41, 5.74) is 0. The molecule has 28 atom stereocenters. The maximum absolute atomic E-state index is 11.8. The van der Waals surface area contributed by atoms with Crippen molar-refractivity contribution in [2.24, 2.45) is 0 Å². The molecule has 0 spiro atoms. The highest BCUT2D eigenvalue weighted by Crippen LogP contribution is 2.37. The molecule has 144 heavy (non-hydrogen) atoms. The highest BCUT2D eigenvalue weighted by molar-refractivity contribution is 5.92. The molecule has 12 N–H and O–H groups in total. The van der Waals surface area contributed by atoms with Gasteiger partial charge in [-0.15, -0.1) is 0 Å². The second-order valence-corrected chi connectivity index (χ2v) is 33.9. The predicted octanol–water partition coefficient (Wildman–Crippen LogP) is -0.435. The van der Waals surface area contributed by atoms with Gasteiger partial charge in [-0.25, -0.2) is 28.8 Å². The van der Waals surface area contributed by atoms with Gasteiger partial charge in [0, 0.05) is 87.8 Å². The number of fused-ring (bicyclic) bond motifs is 7. The summed E-state index contributed by atoms with van der Waals surface area (Å²) in [5, 5.41) is 107. The molecule has 0 radical (unpaired) electrons. The number of carboxylic acid groups (broad SMARTS) is 4. The molecule has 0 saturated carbocycles. The van der Waals surface area contributed by atoms with E-state index in [9.17, 15) is 97.1 Å². The molecule has 804 valence electrons. The summed E-state index contributed by atoms with van der Waals surface area (Å²) >= 11 is 0. The van der Waals surface area contributed by atoms with Crippen molar-refractivity contribution >= 4 is 95.1 Å². The molecule has 0 aromatic carbocycles. The molecule has 0 aromatic heterocycles. The smallest absolute Gasteiger partial charge is 0.331 e. The number of rotatable bonds is 39. The molecule has 14 aliphatic rings. The number of ketones is 2. The van der Waals surface area contributed by atoms with Crippen molar-refractivity contribution < 1.29 is 252 Å². The standard InChI is InChI=1S/C17H24O9.C15H20O9.C15H16O9.C12H18O6.C11H16O6.C11H14O6.C10H12O7.CH4/c1-10(18)4-2-6-14(21)25-11-8-23-17-12(9-24-16(11)17)26-15(22)7-3-5-13(19)20;2*1-8(16)2-4-12(19)23-9-6-21-15-10(7-22-14(9)15)24-13(20)5-3-11(17)18;1-7(13)3-2-4-10(15)18-9-6-17-11-8(14)5-16-12(9)11;2*1-6(12)2-3-9(14)17-8-5-16-10-7(13)4-15-11(8)10;11-5-3-15-10-6(4-16-9(5)10)17-8(14)2-1-7(12)13;/h11-12,16-17H,2-9H2,1H3,(H,19,20);9-10,14-16H,1-7H2,(H,17,18);2-5,9-10,14-16H,1,6-7H2,(H,17,18);8-9,11-12,14H,2-6H2,1H3;7-8,10-13H,1-5H2;2-3,7-8,10-13H,1,4-5H2;1-2,5-6,9-11H,3-4H2,(H,12,13);1H4/t11-,12-,16-,17-;9-,10-,14-,15-;9-,10+,14+,15+;8-,9-,11-,12-;7-,8-,10-,11-;7-,8+,10-,11-;5-,6+,9+,10+;/m1101110./s1. The van der Waals surface area contributed by atoms with Crippen LogP contribution in [0.3, 0.4) is 0 Å². The second-order valence-electron chi connectivity index (χ2n) is 33.9. The predicted molar refractivity (Wildman–Crippen MR) is 471 cm³/mol. The number of aliphatic hydroxyl groups is 8. The Morgan fingerprint density at radius 3 is 0.611 bits per heavy atom. The van der Waals surface area contributed by atoms with Crippen LogP contribution in [0.4, 0.5) is 0 Å². The first-order valence-corrected chi connectivity index (χ1v) is 45.3. The van der Waals surface area contributed by atoms with Crippen LogP contribution in [0.2, 0.25) is 0 Å². The highest BCUT2D eigenvalue weighted by atomic mass is 16.7. The fraction of sp³-hybridized carbons (Fsp3) is 0.652. The molecule has 14 saturated heterocycles. The van der Waals surface area contributed by atoms with Crippen LogP contribution in [0.25, 0.3) is 0 Å². The Labute approximate surface area is 822 Å². The van der Waals surface area contributed by atoms with E-state index in [4.69, 9.17) is 155 Å². The van der Waals surface area contributed by atoms with E-state index < -0.39 is 230 Å². The molecule has 0 aromatic rings. The Morgan fingerprint density at radius 1 is 0.229 bits per heavy atom. The summed E-state index contributed by atoms with van der Waals surface area (Å²) in [4.78, 5) is 178. The van der Waals surface area contributed by atoms with Crippen molar-refractivity contribution in [1.82, 2.24) is 0 Å². The lowest BCUT2D eigenvalue weighted by Crippen LogP contribution is -2.36. The lowest BCUT2D eigenvalue weighted by Gasteiger charge is -2.17. The molecule has 0 unspecified atom stereocenters. The lowest BCUT2D eigenvalue weighted by atomic mass is 10.1. The number of carbonyl (C=O) groups is 16. The second kappa shape index (κ2) is 59.7. The first-order chi connectivity index (χ1) is 67.9. The number of Topliss-reactive ketones (excluding diaryl/α,β-unsaturated/α-hetero) is 2. The Hall–Kier alpha value is -11.7. The minimum absolute atomic E-state index is 0. The van der Waals surface area contributed by atoms with Crippen LogP contribution in [-0.4, -0.2) is 420 Å². The monoisotopic (exact) mass is 2060 g/mol. The Morgan fingerprint density at radius 2 is 0.410 bits per heavy atom. The van der Waals surface area contributed by atoms with Crippen molar-refractivity contribution in [3.05, 3.63) is 98.0 Å². The van der Waals surface area contributed by atoms with Gasteiger partial charge in [0.25, 0.3) is 0 Å². The molecular weight excluding hydrogens is 1940 g/mol. The van der Waals surface area contributed by atoms with Gasteiger partial charge in [0.15, 0.2) is 61.0 Å². The van der Waals surface area contributed by atoms with Crippen LogP contribution in [0.5, 0.6) is 0 Å². The molecule has 0 aliphatic carbocycles. The maximum Gasteiger partial charge on any atom is 0.331 e. The number of carboxylic acids is 4. The topological polar surface area (TPSA) is 737 Å². The van der Waals surface area contributed by atoms with Crippen LogP contribution in [-0.2, 0) is 190 Å². The molecule has 52 nitrogen and oxygen atoms in total.